The molecule has 0 fully saturated rings. The molecule has 0 aromatic heterocycles. The van der Waals surface area contributed by atoms with Crippen LogP contribution >= 0.6 is 0 Å². The highest BCUT2D eigenvalue weighted by atomic mass is 16.3. The van der Waals surface area contributed by atoms with E-state index < -0.39 is 6.10 Å². The molecule has 0 aliphatic heterocycles. The summed E-state index contributed by atoms with van der Waals surface area (Å²) < 4.78 is 0. The van der Waals surface area contributed by atoms with Gasteiger partial charge in [-0.15, -0.1) is 11.8 Å². The summed E-state index contributed by atoms with van der Waals surface area (Å²) in [5.41, 5.74) is 0. The molecule has 0 spiro atoms. The summed E-state index contributed by atoms with van der Waals surface area (Å²) in [5.74, 6) is 11.3. The average Bonchev–Trinajstić information content (AvgIpc) is 2.08. The first kappa shape index (κ1) is 12.8. The van der Waals surface area contributed by atoms with Crippen LogP contribution in [0.5, 0.6) is 0 Å². The molecule has 76 valence electrons. The fourth-order valence-electron chi connectivity index (χ4n) is 0.760. The van der Waals surface area contributed by atoms with E-state index in [0.29, 0.717) is 6.42 Å². The zero-order valence-corrected chi connectivity index (χ0v) is 8.76. The molecular formula is C12H16O2. The Morgan fingerprint density at radius 1 is 1.29 bits per heavy atom. The Labute approximate surface area is 85.7 Å². The number of ketones is 1. The fraction of sp³-hybridized carbons (Fsp3) is 0.583. The van der Waals surface area contributed by atoms with Crippen LogP contribution in [0.15, 0.2) is 0 Å². The average molecular weight is 192 g/mol. The van der Waals surface area contributed by atoms with Crippen LogP contribution in [-0.4, -0.2) is 17.0 Å². The van der Waals surface area contributed by atoms with E-state index in [0.717, 1.165) is 19.3 Å². The van der Waals surface area contributed by atoms with Gasteiger partial charge >= 0.3 is 0 Å². The lowest BCUT2D eigenvalue weighted by atomic mass is 10.2. The number of hydrogen-bond acceptors (Lipinski definition) is 2. The number of unbranched alkanes of at least 4 members (excludes halogenated alkanes) is 2. The van der Waals surface area contributed by atoms with E-state index in [4.69, 9.17) is 5.11 Å². The van der Waals surface area contributed by atoms with E-state index >= 15 is 0 Å². The predicted octanol–water partition coefficient (Wildman–Crippen LogP) is 1.52. The molecule has 0 aromatic carbocycles. The maximum atomic E-state index is 10.5. The van der Waals surface area contributed by atoms with Gasteiger partial charge in [0.15, 0.2) is 0 Å². The highest BCUT2D eigenvalue weighted by Crippen LogP contribution is 1.92. The lowest BCUT2D eigenvalue weighted by Gasteiger charge is -1.88. The Morgan fingerprint density at radius 2 is 1.93 bits per heavy atom. The third-order valence-corrected chi connectivity index (χ3v) is 1.38. The molecule has 1 atom stereocenters. The molecular weight excluding hydrogens is 176 g/mol. The molecule has 0 rings (SSSR count). The van der Waals surface area contributed by atoms with Gasteiger partial charge in [0.25, 0.3) is 0 Å². The van der Waals surface area contributed by atoms with Gasteiger partial charge < -0.3 is 5.11 Å². The monoisotopic (exact) mass is 192 g/mol. The normalized spacial score (nSPS) is 10.5. The summed E-state index contributed by atoms with van der Waals surface area (Å²) in [7, 11) is 0. The third kappa shape index (κ3) is 10.8. The van der Waals surface area contributed by atoms with Gasteiger partial charge in [-0.05, 0) is 20.3 Å². The Balaban J connectivity index is 3.42. The smallest absolute Gasteiger partial charge is 0.141 e. The first-order chi connectivity index (χ1) is 6.63. The van der Waals surface area contributed by atoms with Crippen molar-refractivity contribution in [3.05, 3.63) is 0 Å². The van der Waals surface area contributed by atoms with Crippen LogP contribution in [0.3, 0.4) is 0 Å². The van der Waals surface area contributed by atoms with E-state index in [-0.39, 0.29) is 5.78 Å². The van der Waals surface area contributed by atoms with Gasteiger partial charge in [0, 0.05) is 12.8 Å². The van der Waals surface area contributed by atoms with Gasteiger partial charge in [-0.1, -0.05) is 11.8 Å². The first-order valence-corrected chi connectivity index (χ1v) is 4.74. The lowest BCUT2D eigenvalue weighted by Crippen LogP contribution is -1.92. The number of rotatable bonds is 3. The summed E-state index contributed by atoms with van der Waals surface area (Å²) in [6.07, 6.45) is 2.21. The number of carbonyl (C=O) groups is 1. The van der Waals surface area contributed by atoms with Crippen LogP contribution < -0.4 is 0 Å². The van der Waals surface area contributed by atoms with Gasteiger partial charge in [0.1, 0.15) is 11.9 Å². The zero-order chi connectivity index (χ0) is 10.8. The van der Waals surface area contributed by atoms with Gasteiger partial charge in [-0.3, -0.25) is 4.79 Å². The highest BCUT2D eigenvalue weighted by Gasteiger charge is 1.85. The van der Waals surface area contributed by atoms with Crippen LogP contribution in [0.25, 0.3) is 0 Å². The summed E-state index contributed by atoms with van der Waals surface area (Å²) in [4.78, 5) is 10.5. The summed E-state index contributed by atoms with van der Waals surface area (Å²) in [5, 5.41) is 8.82. The molecule has 1 unspecified atom stereocenters. The number of carbonyl (C=O) groups excluding carboxylic acids is 1. The molecule has 0 aromatic rings. The van der Waals surface area contributed by atoms with Crippen molar-refractivity contribution in [2.24, 2.45) is 0 Å². The molecule has 1 N–H and O–H groups in total. The summed E-state index contributed by atoms with van der Waals surface area (Å²) in [6.45, 7) is 3.17. The van der Waals surface area contributed by atoms with Crippen LogP contribution in [0.4, 0.5) is 0 Å². The summed E-state index contributed by atoms with van der Waals surface area (Å²) in [6, 6.07) is 0. The molecule has 0 saturated carbocycles. The van der Waals surface area contributed by atoms with Crippen LogP contribution in [0.2, 0.25) is 0 Å². The Kier molecular flexibility index (Phi) is 7.61. The van der Waals surface area contributed by atoms with Crippen LogP contribution in [-0.2, 0) is 4.79 Å². The topological polar surface area (TPSA) is 37.3 Å². The molecule has 0 aliphatic carbocycles. The molecule has 0 bridgehead atoms. The molecule has 0 aliphatic rings. The minimum absolute atomic E-state index is 0.103. The van der Waals surface area contributed by atoms with Crippen LogP contribution in [0.1, 0.15) is 39.5 Å². The van der Waals surface area contributed by atoms with Gasteiger partial charge in [0.05, 0.1) is 6.42 Å². The first-order valence-electron chi connectivity index (χ1n) is 4.74. The predicted molar refractivity (Wildman–Crippen MR) is 56.4 cm³/mol. The van der Waals surface area contributed by atoms with Gasteiger partial charge in [0.2, 0.25) is 0 Å². The van der Waals surface area contributed by atoms with Crippen molar-refractivity contribution in [2.75, 3.05) is 0 Å². The van der Waals surface area contributed by atoms with E-state index in [2.05, 4.69) is 23.7 Å². The second-order valence-electron chi connectivity index (χ2n) is 3.08. The van der Waals surface area contributed by atoms with Gasteiger partial charge in [-0.25, -0.2) is 0 Å². The number of aliphatic hydroxyl groups excluding tert-OH is 1. The minimum Gasteiger partial charge on any atom is -0.381 e. The maximum Gasteiger partial charge on any atom is 0.141 e. The Morgan fingerprint density at radius 3 is 2.50 bits per heavy atom. The van der Waals surface area contributed by atoms with E-state index in [9.17, 15) is 4.79 Å². The van der Waals surface area contributed by atoms with Crippen molar-refractivity contribution in [2.45, 2.75) is 45.6 Å². The fourth-order valence-corrected chi connectivity index (χ4v) is 0.760. The molecule has 0 amide bonds. The molecule has 2 nitrogen and oxygen atoms in total. The summed E-state index contributed by atoms with van der Waals surface area (Å²) >= 11 is 0. The van der Waals surface area contributed by atoms with Gasteiger partial charge in [-0.2, -0.15) is 0 Å². The largest absolute Gasteiger partial charge is 0.381 e. The second kappa shape index (κ2) is 8.35. The third-order valence-electron chi connectivity index (χ3n) is 1.38. The number of aliphatic hydroxyl groups is 1. The van der Waals surface area contributed by atoms with Crippen molar-refractivity contribution in [1.29, 1.82) is 0 Å². The van der Waals surface area contributed by atoms with E-state index in [1.165, 1.54) is 6.92 Å². The molecule has 0 radical (unpaired) electrons. The molecule has 0 saturated heterocycles. The van der Waals surface area contributed by atoms with Crippen molar-refractivity contribution in [1.82, 2.24) is 0 Å². The van der Waals surface area contributed by atoms with Crippen molar-refractivity contribution < 1.29 is 9.90 Å². The number of Topliss-reactive ketones (excluding diaryl/α,β-unsaturated/α-hetero) is 1. The zero-order valence-electron chi connectivity index (χ0n) is 8.76. The molecule has 2 heteroatoms. The standard InChI is InChI=1S/C12H16O2/c1-11(13)9-7-5-3-4-6-8-10-12(2)14/h11,13H,3-5,10H2,1-2H3. The van der Waals surface area contributed by atoms with Crippen molar-refractivity contribution in [3.8, 4) is 23.7 Å². The Bertz CT molecular complexity index is 281. The Hall–Kier alpha value is -1.25. The number of hydrogen-bond donors (Lipinski definition) is 1. The highest BCUT2D eigenvalue weighted by molar-refractivity contribution is 5.77. The lowest BCUT2D eigenvalue weighted by molar-refractivity contribution is -0.116. The van der Waals surface area contributed by atoms with E-state index in [1.54, 1.807) is 6.92 Å². The van der Waals surface area contributed by atoms with Crippen LogP contribution in [0, 0.1) is 23.7 Å². The second-order valence-corrected chi connectivity index (χ2v) is 3.08. The molecule has 14 heavy (non-hydrogen) atoms. The maximum absolute atomic E-state index is 10.5. The minimum atomic E-state index is -0.543. The van der Waals surface area contributed by atoms with Crippen molar-refractivity contribution >= 4 is 5.78 Å². The molecule has 0 heterocycles. The SMILES string of the molecule is CC(=O)CC#CCCCC#CC(C)O. The quantitative estimate of drug-likeness (QED) is 0.544. The van der Waals surface area contributed by atoms with Crippen molar-refractivity contribution in [3.63, 3.8) is 0 Å². The van der Waals surface area contributed by atoms with E-state index in [1.807, 2.05) is 0 Å².